The van der Waals surface area contributed by atoms with Crippen molar-refractivity contribution in [3.8, 4) is 0 Å². The number of carbonyl (C=O) groups excluding carboxylic acids is 2. The monoisotopic (exact) mass is 681 g/mol. The molecule has 2 amide bonds. The molecule has 0 aromatic carbocycles. The summed E-state index contributed by atoms with van der Waals surface area (Å²) >= 11 is 0. The van der Waals surface area contributed by atoms with E-state index in [0.29, 0.717) is 32.7 Å². The number of carbonyl (C=O) groups is 2. The number of nitrogens with zero attached hydrogens (tertiary/aromatic N) is 1. The van der Waals surface area contributed by atoms with Crippen molar-refractivity contribution in [1.82, 2.24) is 10.2 Å². The molecule has 284 valence electrons. The van der Waals surface area contributed by atoms with Gasteiger partial charge in [-0.15, -0.1) is 0 Å². The number of hydrogen-bond acceptors (Lipinski definition) is 5. The zero-order valence-electron chi connectivity index (χ0n) is 32.6. The highest BCUT2D eigenvalue weighted by molar-refractivity contribution is 5.86. The Balaban J connectivity index is 2.33. The van der Waals surface area contributed by atoms with E-state index in [4.69, 9.17) is 14.2 Å². The van der Waals surface area contributed by atoms with Gasteiger partial charge in [-0.1, -0.05) is 155 Å². The van der Waals surface area contributed by atoms with Crippen LogP contribution in [0.2, 0.25) is 0 Å². The van der Waals surface area contributed by atoms with Crippen molar-refractivity contribution in [3.05, 3.63) is 0 Å². The molecule has 7 nitrogen and oxygen atoms in total. The van der Waals surface area contributed by atoms with Crippen molar-refractivity contribution >= 4 is 12.0 Å². The third-order valence-corrected chi connectivity index (χ3v) is 9.48. The molecule has 0 aromatic rings. The maximum absolute atomic E-state index is 13.2. The van der Waals surface area contributed by atoms with Crippen LogP contribution in [-0.2, 0) is 19.0 Å². The highest BCUT2D eigenvalue weighted by Crippen LogP contribution is 2.21. The molecule has 0 aromatic heterocycles. The van der Waals surface area contributed by atoms with Crippen LogP contribution in [0, 0.1) is 0 Å². The lowest BCUT2D eigenvalue weighted by molar-refractivity contribution is -0.126. The third kappa shape index (κ3) is 25.6. The number of amides is 2. The molecule has 1 aliphatic rings. The van der Waals surface area contributed by atoms with E-state index in [1.54, 1.807) is 4.90 Å². The Labute approximate surface area is 297 Å². The maximum Gasteiger partial charge on any atom is 0.410 e. The average Bonchev–Trinajstić information content (AvgIpc) is 3.55. The third-order valence-electron chi connectivity index (χ3n) is 9.48. The van der Waals surface area contributed by atoms with Crippen LogP contribution in [-0.4, -0.2) is 67.6 Å². The largest absolute Gasteiger partial charge is 0.444 e. The van der Waals surface area contributed by atoms with Crippen molar-refractivity contribution < 1.29 is 23.8 Å². The van der Waals surface area contributed by atoms with E-state index >= 15 is 0 Å². The van der Waals surface area contributed by atoms with Gasteiger partial charge in [-0.2, -0.15) is 0 Å². The molecule has 2 atom stereocenters. The number of rotatable bonds is 32. The number of likely N-dealkylation sites (tertiary alicyclic amines) is 1. The summed E-state index contributed by atoms with van der Waals surface area (Å²) in [6.45, 7) is 13.0. The molecule has 0 radical (unpaired) electrons. The molecular formula is C41H80N2O5. The second-order valence-electron chi connectivity index (χ2n) is 15.4. The number of unbranched alkanes of at least 4 members (excludes halogenated alkanes) is 22. The first-order chi connectivity index (χ1) is 23.3. The number of hydrogen-bond donors (Lipinski definition) is 1. The average molecular weight is 681 g/mol. The van der Waals surface area contributed by atoms with Crippen LogP contribution in [0.3, 0.4) is 0 Å². The first kappa shape index (κ1) is 44.7. The summed E-state index contributed by atoms with van der Waals surface area (Å²) in [7, 11) is 0. The van der Waals surface area contributed by atoms with Crippen LogP contribution < -0.4 is 5.32 Å². The highest BCUT2D eigenvalue weighted by Gasteiger charge is 2.36. The molecule has 48 heavy (non-hydrogen) atoms. The molecule has 1 N–H and O–H groups in total. The fourth-order valence-electron chi connectivity index (χ4n) is 6.53. The first-order valence-electron chi connectivity index (χ1n) is 20.7. The summed E-state index contributed by atoms with van der Waals surface area (Å²) in [4.78, 5) is 27.4. The molecule has 0 bridgehead atoms. The molecule has 0 spiro atoms. The van der Waals surface area contributed by atoms with E-state index in [1.165, 1.54) is 141 Å². The molecule has 7 heteroatoms. The minimum absolute atomic E-state index is 0.127. The van der Waals surface area contributed by atoms with Gasteiger partial charge >= 0.3 is 6.09 Å². The van der Waals surface area contributed by atoms with E-state index in [0.717, 1.165) is 25.9 Å². The van der Waals surface area contributed by atoms with E-state index in [1.807, 2.05) is 20.8 Å². The van der Waals surface area contributed by atoms with E-state index < -0.39 is 17.7 Å². The summed E-state index contributed by atoms with van der Waals surface area (Å²) < 4.78 is 17.9. The Morgan fingerprint density at radius 3 is 1.56 bits per heavy atom. The highest BCUT2D eigenvalue weighted by atomic mass is 16.6. The Hall–Kier alpha value is -1.34. The first-order valence-corrected chi connectivity index (χ1v) is 20.7. The normalized spacial score (nSPS) is 15.6. The van der Waals surface area contributed by atoms with Crippen LogP contribution in [0.15, 0.2) is 0 Å². The van der Waals surface area contributed by atoms with Crippen molar-refractivity contribution in [1.29, 1.82) is 0 Å². The van der Waals surface area contributed by atoms with E-state index in [2.05, 4.69) is 19.2 Å². The van der Waals surface area contributed by atoms with E-state index in [-0.39, 0.29) is 12.0 Å². The second-order valence-corrected chi connectivity index (χ2v) is 15.4. The topological polar surface area (TPSA) is 77.1 Å². The molecule has 1 heterocycles. The van der Waals surface area contributed by atoms with Gasteiger partial charge in [-0.05, 0) is 46.5 Å². The Kier molecular flexibility index (Phi) is 28.4. The molecule has 1 aliphatic heterocycles. The predicted molar refractivity (Wildman–Crippen MR) is 202 cm³/mol. The summed E-state index contributed by atoms with van der Waals surface area (Å²) in [5, 5.41) is 3.08. The Morgan fingerprint density at radius 1 is 0.667 bits per heavy atom. The van der Waals surface area contributed by atoms with Crippen LogP contribution >= 0.6 is 0 Å². The minimum atomic E-state index is -0.585. The van der Waals surface area contributed by atoms with Gasteiger partial charge in [0.05, 0.1) is 12.7 Å². The summed E-state index contributed by atoms with van der Waals surface area (Å²) in [5.41, 5.74) is -0.585. The molecule has 1 fully saturated rings. The molecular weight excluding hydrogens is 600 g/mol. The quantitative estimate of drug-likeness (QED) is 0.0716. The van der Waals surface area contributed by atoms with Gasteiger partial charge in [-0.3, -0.25) is 9.69 Å². The molecule has 0 saturated carbocycles. The summed E-state index contributed by atoms with van der Waals surface area (Å²) in [6.07, 6.45) is 32.6. The van der Waals surface area contributed by atoms with Gasteiger partial charge in [0.25, 0.3) is 0 Å². The molecule has 1 unspecified atom stereocenters. The van der Waals surface area contributed by atoms with Crippen molar-refractivity contribution in [2.24, 2.45) is 0 Å². The van der Waals surface area contributed by atoms with Gasteiger partial charge in [-0.25, -0.2) is 4.79 Å². The van der Waals surface area contributed by atoms with Gasteiger partial charge in [0.15, 0.2) is 0 Å². The molecule has 1 saturated heterocycles. The standard InChI is InChI=1S/C41H80N2O5/c1-6-8-10-12-14-16-18-20-22-24-26-28-33-46-36-37(47-34-29-27-25-23-21-19-17-15-13-11-9-7-2)35-42-39(44)38-31-30-32-43(38)40(45)48-41(3,4)5/h37-38H,6-36H2,1-5H3,(H,42,44)/t37?,38-/m0/s1. The lowest BCUT2D eigenvalue weighted by Crippen LogP contribution is -2.49. The fraction of sp³-hybridized carbons (Fsp3) is 0.951. The summed E-state index contributed by atoms with van der Waals surface area (Å²) in [5.74, 6) is -0.127. The van der Waals surface area contributed by atoms with Crippen LogP contribution in [0.1, 0.15) is 202 Å². The predicted octanol–water partition coefficient (Wildman–Crippen LogP) is 11.3. The SMILES string of the molecule is CCCCCCCCCCCCCCOCC(CNC(=O)[C@@H]1CCCN1C(=O)OC(C)(C)C)OCCCCCCCCCCCCCC. The van der Waals surface area contributed by atoms with Gasteiger partial charge in [0.1, 0.15) is 11.6 Å². The zero-order valence-corrected chi connectivity index (χ0v) is 32.6. The Morgan fingerprint density at radius 2 is 1.10 bits per heavy atom. The smallest absolute Gasteiger partial charge is 0.410 e. The van der Waals surface area contributed by atoms with Crippen molar-refractivity contribution in [2.75, 3.05) is 32.9 Å². The summed E-state index contributed by atoms with van der Waals surface area (Å²) in [6, 6.07) is -0.487. The van der Waals surface area contributed by atoms with Crippen molar-refractivity contribution in [2.45, 2.75) is 219 Å². The van der Waals surface area contributed by atoms with Gasteiger partial charge in [0, 0.05) is 26.3 Å². The van der Waals surface area contributed by atoms with Crippen molar-refractivity contribution in [3.63, 3.8) is 0 Å². The van der Waals surface area contributed by atoms with Crippen LogP contribution in [0.5, 0.6) is 0 Å². The van der Waals surface area contributed by atoms with Gasteiger partial charge < -0.3 is 19.5 Å². The van der Waals surface area contributed by atoms with Crippen LogP contribution in [0.4, 0.5) is 4.79 Å². The van der Waals surface area contributed by atoms with Gasteiger partial charge in [0.2, 0.25) is 5.91 Å². The number of nitrogens with one attached hydrogen (secondary N) is 1. The minimum Gasteiger partial charge on any atom is -0.444 e. The fourth-order valence-corrected chi connectivity index (χ4v) is 6.53. The second kappa shape index (κ2) is 30.5. The number of ether oxygens (including phenoxy) is 3. The lowest BCUT2D eigenvalue weighted by Gasteiger charge is -2.28. The van der Waals surface area contributed by atoms with Crippen LogP contribution in [0.25, 0.3) is 0 Å². The van der Waals surface area contributed by atoms with E-state index in [9.17, 15) is 9.59 Å². The Bertz CT molecular complexity index is 756. The molecule has 0 aliphatic carbocycles. The zero-order chi connectivity index (χ0) is 35.1. The maximum atomic E-state index is 13.2. The molecule has 1 rings (SSSR count). The lowest BCUT2D eigenvalue weighted by atomic mass is 10.1.